The van der Waals surface area contributed by atoms with Crippen LogP contribution in [-0.4, -0.2) is 61.9 Å². The molecule has 0 aliphatic carbocycles. The van der Waals surface area contributed by atoms with Gasteiger partial charge in [-0.25, -0.2) is 0 Å². The van der Waals surface area contributed by atoms with Gasteiger partial charge < -0.3 is 15.1 Å². The topological polar surface area (TPSA) is 52.7 Å². The number of hydrogen-bond donors (Lipinski definition) is 1. The molecule has 1 heterocycles. The third-order valence-corrected chi connectivity index (χ3v) is 3.77. The van der Waals surface area contributed by atoms with Crippen molar-refractivity contribution < 1.29 is 9.59 Å². The first-order valence-electron chi connectivity index (χ1n) is 7.46. The summed E-state index contributed by atoms with van der Waals surface area (Å²) in [5.74, 6) is 0.261. The number of halogens is 1. The fourth-order valence-corrected chi connectivity index (χ4v) is 2.54. The Morgan fingerprint density at radius 3 is 2.48 bits per heavy atom. The molecule has 0 saturated carbocycles. The van der Waals surface area contributed by atoms with Crippen LogP contribution in [0.5, 0.6) is 0 Å². The zero-order valence-corrected chi connectivity index (χ0v) is 14.8. The molecule has 0 aromatic carbocycles. The Hall–Kier alpha value is -0.810. The molecule has 6 heteroatoms. The van der Waals surface area contributed by atoms with Gasteiger partial charge in [-0.1, -0.05) is 20.8 Å². The summed E-state index contributed by atoms with van der Waals surface area (Å²) in [5, 5.41) is 3.04. The molecule has 1 aliphatic rings. The van der Waals surface area contributed by atoms with E-state index in [0.717, 1.165) is 25.9 Å². The van der Waals surface area contributed by atoms with Crippen molar-refractivity contribution in [2.45, 2.75) is 33.6 Å². The lowest BCUT2D eigenvalue weighted by atomic mass is 9.90. The third-order valence-electron chi connectivity index (χ3n) is 3.77. The molecule has 0 radical (unpaired) electrons. The molecule has 0 aromatic heterocycles. The van der Waals surface area contributed by atoms with Crippen LogP contribution in [0.2, 0.25) is 0 Å². The van der Waals surface area contributed by atoms with Crippen LogP contribution < -0.4 is 5.32 Å². The number of piperidine rings is 1. The fraction of sp³-hybridized carbons (Fsp3) is 0.867. The van der Waals surface area contributed by atoms with Crippen LogP contribution in [0.3, 0.4) is 0 Å². The van der Waals surface area contributed by atoms with Gasteiger partial charge in [0, 0.05) is 38.6 Å². The number of carbonyl (C=O) groups excluding carboxylic acids is 2. The van der Waals surface area contributed by atoms with Crippen LogP contribution in [0.4, 0.5) is 0 Å². The molecule has 5 nitrogen and oxygen atoms in total. The lowest BCUT2D eigenvalue weighted by molar-refractivity contribution is -0.144. The maximum atomic E-state index is 12.4. The smallest absolute Gasteiger partial charge is 0.227 e. The molecule has 1 fully saturated rings. The predicted octanol–water partition coefficient (Wildman–Crippen LogP) is 1.37. The van der Waals surface area contributed by atoms with Crippen LogP contribution in [0.25, 0.3) is 0 Å². The van der Waals surface area contributed by atoms with Crippen molar-refractivity contribution in [3.8, 4) is 0 Å². The van der Waals surface area contributed by atoms with Crippen molar-refractivity contribution >= 4 is 24.2 Å². The van der Waals surface area contributed by atoms with Gasteiger partial charge in [-0.05, 0) is 19.9 Å². The van der Waals surface area contributed by atoms with Gasteiger partial charge in [0.25, 0.3) is 0 Å². The van der Waals surface area contributed by atoms with E-state index in [0.29, 0.717) is 13.1 Å². The Balaban J connectivity index is 0.00000400. The highest BCUT2D eigenvalue weighted by atomic mass is 35.5. The summed E-state index contributed by atoms with van der Waals surface area (Å²) in [5.41, 5.74) is -0.372. The minimum absolute atomic E-state index is 0. The lowest BCUT2D eigenvalue weighted by Gasteiger charge is -2.37. The molecule has 1 rings (SSSR count). The van der Waals surface area contributed by atoms with Crippen molar-refractivity contribution in [1.82, 2.24) is 15.1 Å². The summed E-state index contributed by atoms with van der Waals surface area (Å²) in [7, 11) is 3.72. The van der Waals surface area contributed by atoms with Crippen LogP contribution in [0.1, 0.15) is 33.6 Å². The van der Waals surface area contributed by atoms with Crippen LogP contribution in [0, 0.1) is 11.3 Å². The Kier molecular flexibility index (Phi) is 8.26. The number of hydrogen-bond acceptors (Lipinski definition) is 3. The first-order chi connectivity index (χ1) is 9.27. The molecular weight excluding hydrogens is 290 g/mol. The fourth-order valence-electron chi connectivity index (χ4n) is 2.54. The van der Waals surface area contributed by atoms with Gasteiger partial charge in [-0.2, -0.15) is 0 Å². The molecule has 1 unspecified atom stereocenters. The van der Waals surface area contributed by atoms with E-state index >= 15 is 0 Å². The summed E-state index contributed by atoms with van der Waals surface area (Å²) in [6.45, 7) is 8.64. The predicted molar refractivity (Wildman–Crippen MR) is 87.6 cm³/mol. The summed E-state index contributed by atoms with van der Waals surface area (Å²) < 4.78 is 0. The third kappa shape index (κ3) is 5.83. The highest BCUT2D eigenvalue weighted by Crippen LogP contribution is 2.24. The highest BCUT2D eigenvalue weighted by Gasteiger charge is 2.34. The van der Waals surface area contributed by atoms with Crippen LogP contribution in [0.15, 0.2) is 0 Å². The minimum Gasteiger partial charge on any atom is -0.344 e. The Morgan fingerprint density at radius 2 is 1.95 bits per heavy atom. The molecule has 0 spiro atoms. The molecule has 0 aromatic rings. The first kappa shape index (κ1) is 20.2. The second-order valence-electron chi connectivity index (χ2n) is 6.70. The number of amides is 2. The van der Waals surface area contributed by atoms with Gasteiger partial charge >= 0.3 is 0 Å². The Morgan fingerprint density at radius 1 is 1.33 bits per heavy atom. The largest absolute Gasteiger partial charge is 0.344 e. The quantitative estimate of drug-likeness (QED) is 0.851. The SMILES string of the molecule is CNCCN(C)C(=O)C1CCCN(C(=O)C(C)(C)C)C1.Cl. The second kappa shape index (κ2) is 8.59. The van der Waals surface area contributed by atoms with Crippen molar-refractivity contribution in [2.24, 2.45) is 11.3 Å². The monoisotopic (exact) mass is 319 g/mol. The molecule has 1 saturated heterocycles. The van der Waals surface area contributed by atoms with E-state index in [-0.39, 0.29) is 35.6 Å². The Labute approximate surface area is 134 Å². The average Bonchev–Trinajstić information content (AvgIpc) is 2.42. The van der Waals surface area contributed by atoms with Gasteiger partial charge in [0.2, 0.25) is 11.8 Å². The number of carbonyl (C=O) groups is 2. The second-order valence-corrected chi connectivity index (χ2v) is 6.70. The highest BCUT2D eigenvalue weighted by molar-refractivity contribution is 5.85. The molecular formula is C15H30ClN3O2. The number of likely N-dealkylation sites (tertiary alicyclic amines) is 1. The maximum absolute atomic E-state index is 12.4. The molecule has 2 amide bonds. The first-order valence-corrected chi connectivity index (χ1v) is 7.46. The molecule has 21 heavy (non-hydrogen) atoms. The molecule has 124 valence electrons. The number of likely N-dealkylation sites (N-methyl/N-ethyl adjacent to an activating group) is 2. The lowest BCUT2D eigenvalue weighted by Crippen LogP contribution is -2.49. The molecule has 1 aliphatic heterocycles. The maximum Gasteiger partial charge on any atom is 0.227 e. The number of rotatable bonds is 4. The molecule has 1 atom stereocenters. The van der Waals surface area contributed by atoms with Crippen molar-refractivity contribution in [3.63, 3.8) is 0 Å². The minimum atomic E-state index is -0.372. The standard InChI is InChI=1S/C15H29N3O2.ClH/c1-15(2,3)14(20)18-9-6-7-12(11-18)13(19)17(5)10-8-16-4;/h12,16H,6-11H2,1-5H3;1H. The summed E-state index contributed by atoms with van der Waals surface area (Å²) in [6.07, 6.45) is 1.80. The summed E-state index contributed by atoms with van der Waals surface area (Å²) >= 11 is 0. The average molecular weight is 320 g/mol. The number of nitrogens with one attached hydrogen (secondary N) is 1. The molecule has 0 bridgehead atoms. The Bertz CT molecular complexity index is 355. The van der Waals surface area contributed by atoms with E-state index in [2.05, 4.69) is 5.32 Å². The van der Waals surface area contributed by atoms with Crippen LogP contribution in [-0.2, 0) is 9.59 Å². The van der Waals surface area contributed by atoms with Crippen LogP contribution >= 0.6 is 12.4 Å². The van der Waals surface area contributed by atoms with Crippen molar-refractivity contribution in [2.75, 3.05) is 40.3 Å². The van der Waals surface area contributed by atoms with Gasteiger partial charge in [0.05, 0.1) is 5.92 Å². The van der Waals surface area contributed by atoms with Gasteiger partial charge in [0.1, 0.15) is 0 Å². The van der Waals surface area contributed by atoms with E-state index in [1.54, 1.807) is 4.90 Å². The van der Waals surface area contributed by atoms with E-state index < -0.39 is 0 Å². The summed E-state index contributed by atoms with van der Waals surface area (Å²) in [4.78, 5) is 28.3. The summed E-state index contributed by atoms with van der Waals surface area (Å²) in [6, 6.07) is 0. The van der Waals surface area contributed by atoms with E-state index in [1.165, 1.54) is 0 Å². The van der Waals surface area contributed by atoms with Crippen molar-refractivity contribution in [3.05, 3.63) is 0 Å². The van der Waals surface area contributed by atoms with Gasteiger partial charge in [0.15, 0.2) is 0 Å². The number of nitrogens with zero attached hydrogens (tertiary/aromatic N) is 2. The van der Waals surface area contributed by atoms with E-state index in [9.17, 15) is 9.59 Å². The van der Waals surface area contributed by atoms with Gasteiger partial charge in [-0.15, -0.1) is 12.4 Å². The zero-order valence-electron chi connectivity index (χ0n) is 13.9. The van der Waals surface area contributed by atoms with Crippen molar-refractivity contribution in [1.29, 1.82) is 0 Å². The molecule has 1 N–H and O–H groups in total. The van der Waals surface area contributed by atoms with E-state index in [1.807, 2.05) is 39.8 Å². The van der Waals surface area contributed by atoms with E-state index in [4.69, 9.17) is 0 Å². The van der Waals surface area contributed by atoms with Gasteiger partial charge in [-0.3, -0.25) is 9.59 Å². The zero-order chi connectivity index (χ0) is 15.3. The normalized spacial score (nSPS) is 18.9.